The first-order valence-corrected chi connectivity index (χ1v) is 5.72. The number of fused-ring (bicyclic) bond motifs is 1. The molecule has 0 bridgehead atoms. The van der Waals surface area contributed by atoms with E-state index in [2.05, 4.69) is 5.32 Å². The highest BCUT2D eigenvalue weighted by molar-refractivity contribution is 5.82. The van der Waals surface area contributed by atoms with Gasteiger partial charge in [-0.05, 0) is 17.7 Å². The van der Waals surface area contributed by atoms with Crippen LogP contribution in [0.25, 0.3) is 0 Å². The van der Waals surface area contributed by atoms with Crippen LogP contribution >= 0.6 is 0 Å². The normalized spacial score (nSPS) is 12.1. The van der Waals surface area contributed by atoms with Gasteiger partial charge in [-0.25, -0.2) is 4.79 Å². The standard InChI is InChI=1S/C12H15N3O4/c1-15(6-11(13)16)12(17)14-5-8-2-3-9-10(4-8)19-7-18-9/h2-4H,5-7H2,1H3,(H2,13,16)(H,14,17). The van der Waals surface area contributed by atoms with Gasteiger partial charge in [0.1, 0.15) is 6.54 Å². The largest absolute Gasteiger partial charge is 0.454 e. The predicted octanol–water partition coefficient (Wildman–Crippen LogP) is 0.0420. The molecule has 1 aromatic rings. The van der Waals surface area contributed by atoms with Crippen LogP contribution in [0.2, 0.25) is 0 Å². The third kappa shape index (κ3) is 3.27. The molecule has 0 saturated heterocycles. The van der Waals surface area contributed by atoms with Crippen LogP contribution in [0.4, 0.5) is 4.79 Å². The third-order valence-electron chi connectivity index (χ3n) is 2.62. The van der Waals surface area contributed by atoms with E-state index in [1.165, 1.54) is 11.9 Å². The van der Waals surface area contributed by atoms with Crippen molar-refractivity contribution in [3.63, 3.8) is 0 Å². The molecule has 1 aliphatic rings. The van der Waals surface area contributed by atoms with Crippen molar-refractivity contribution in [1.29, 1.82) is 0 Å². The Hall–Kier alpha value is -2.44. The number of nitrogens with one attached hydrogen (secondary N) is 1. The maximum atomic E-state index is 11.6. The zero-order valence-corrected chi connectivity index (χ0v) is 10.5. The van der Waals surface area contributed by atoms with Crippen LogP contribution in [-0.4, -0.2) is 37.2 Å². The minimum Gasteiger partial charge on any atom is -0.454 e. The van der Waals surface area contributed by atoms with Gasteiger partial charge in [-0.15, -0.1) is 0 Å². The van der Waals surface area contributed by atoms with Crippen LogP contribution in [0, 0.1) is 0 Å². The average Bonchev–Trinajstić information content (AvgIpc) is 2.82. The summed E-state index contributed by atoms with van der Waals surface area (Å²) in [5, 5.41) is 2.68. The van der Waals surface area contributed by atoms with E-state index in [1.54, 1.807) is 12.1 Å². The van der Waals surface area contributed by atoms with Crippen molar-refractivity contribution < 1.29 is 19.1 Å². The van der Waals surface area contributed by atoms with E-state index in [0.717, 1.165) is 5.56 Å². The SMILES string of the molecule is CN(CC(N)=O)C(=O)NCc1ccc2c(c1)OCO2. The summed E-state index contributed by atoms with van der Waals surface area (Å²) in [4.78, 5) is 23.5. The summed E-state index contributed by atoms with van der Waals surface area (Å²) < 4.78 is 10.4. The van der Waals surface area contributed by atoms with Gasteiger partial charge in [0.15, 0.2) is 11.5 Å². The van der Waals surface area contributed by atoms with Gasteiger partial charge in [0.2, 0.25) is 12.7 Å². The molecule has 0 unspecified atom stereocenters. The van der Waals surface area contributed by atoms with Crippen molar-refractivity contribution in [2.75, 3.05) is 20.4 Å². The lowest BCUT2D eigenvalue weighted by molar-refractivity contribution is -0.118. The number of nitrogens with zero attached hydrogens (tertiary/aromatic N) is 1. The van der Waals surface area contributed by atoms with Crippen molar-refractivity contribution >= 4 is 11.9 Å². The van der Waals surface area contributed by atoms with Crippen LogP contribution in [0.15, 0.2) is 18.2 Å². The number of rotatable bonds is 4. The molecular formula is C12H15N3O4. The molecular weight excluding hydrogens is 250 g/mol. The van der Waals surface area contributed by atoms with Crippen molar-refractivity contribution in [2.45, 2.75) is 6.54 Å². The Balaban J connectivity index is 1.88. The Morgan fingerprint density at radius 2 is 2.11 bits per heavy atom. The lowest BCUT2D eigenvalue weighted by Gasteiger charge is -2.16. The average molecular weight is 265 g/mol. The Morgan fingerprint density at radius 3 is 2.84 bits per heavy atom. The van der Waals surface area contributed by atoms with Gasteiger partial charge in [-0.2, -0.15) is 0 Å². The molecule has 0 fully saturated rings. The maximum absolute atomic E-state index is 11.6. The summed E-state index contributed by atoms with van der Waals surface area (Å²) in [6.45, 7) is 0.429. The van der Waals surface area contributed by atoms with Gasteiger partial charge < -0.3 is 25.4 Å². The van der Waals surface area contributed by atoms with Gasteiger partial charge in [0.05, 0.1) is 0 Å². The Morgan fingerprint density at radius 1 is 1.37 bits per heavy atom. The second kappa shape index (κ2) is 5.47. The second-order valence-corrected chi connectivity index (χ2v) is 4.17. The zero-order valence-electron chi connectivity index (χ0n) is 10.5. The van der Waals surface area contributed by atoms with Crippen molar-refractivity contribution in [2.24, 2.45) is 5.73 Å². The molecule has 0 aromatic heterocycles. The molecule has 0 spiro atoms. The first kappa shape index (κ1) is 13.0. The van der Waals surface area contributed by atoms with E-state index >= 15 is 0 Å². The van der Waals surface area contributed by atoms with E-state index in [9.17, 15) is 9.59 Å². The number of carbonyl (C=O) groups is 2. The molecule has 7 heteroatoms. The van der Waals surface area contributed by atoms with Crippen LogP contribution in [-0.2, 0) is 11.3 Å². The number of carbonyl (C=O) groups excluding carboxylic acids is 2. The summed E-state index contributed by atoms with van der Waals surface area (Å²) in [6, 6.07) is 5.06. The number of likely N-dealkylation sites (N-methyl/N-ethyl adjacent to an activating group) is 1. The van der Waals surface area contributed by atoms with E-state index in [0.29, 0.717) is 18.0 Å². The molecule has 0 aliphatic carbocycles. The smallest absolute Gasteiger partial charge is 0.317 e. The number of nitrogens with two attached hydrogens (primary N) is 1. The van der Waals surface area contributed by atoms with Gasteiger partial charge in [0.25, 0.3) is 0 Å². The van der Waals surface area contributed by atoms with E-state index in [-0.39, 0.29) is 19.4 Å². The molecule has 0 radical (unpaired) electrons. The number of hydrogen-bond donors (Lipinski definition) is 2. The van der Waals surface area contributed by atoms with Gasteiger partial charge in [-0.1, -0.05) is 6.07 Å². The lowest BCUT2D eigenvalue weighted by atomic mass is 10.2. The minimum absolute atomic E-state index is 0.118. The molecule has 1 heterocycles. The van der Waals surface area contributed by atoms with Gasteiger partial charge in [-0.3, -0.25) is 4.79 Å². The number of benzene rings is 1. The first-order chi connectivity index (χ1) is 9.06. The summed E-state index contributed by atoms with van der Waals surface area (Å²) in [6.07, 6.45) is 0. The fourth-order valence-corrected chi connectivity index (χ4v) is 1.67. The van der Waals surface area contributed by atoms with Crippen LogP contribution in [0.5, 0.6) is 11.5 Å². The highest BCUT2D eigenvalue weighted by atomic mass is 16.7. The predicted molar refractivity (Wildman–Crippen MR) is 66.6 cm³/mol. The second-order valence-electron chi connectivity index (χ2n) is 4.17. The molecule has 0 atom stereocenters. The van der Waals surface area contributed by atoms with E-state index < -0.39 is 5.91 Å². The molecule has 3 N–H and O–H groups in total. The summed E-state index contributed by atoms with van der Waals surface area (Å²) >= 11 is 0. The highest BCUT2D eigenvalue weighted by Gasteiger charge is 2.14. The fraction of sp³-hybridized carbons (Fsp3) is 0.333. The van der Waals surface area contributed by atoms with Gasteiger partial charge in [0, 0.05) is 13.6 Å². The number of hydrogen-bond acceptors (Lipinski definition) is 4. The van der Waals surface area contributed by atoms with Crippen molar-refractivity contribution in [3.8, 4) is 11.5 Å². The molecule has 0 saturated carbocycles. The molecule has 19 heavy (non-hydrogen) atoms. The molecule has 7 nitrogen and oxygen atoms in total. The number of ether oxygens (including phenoxy) is 2. The van der Waals surface area contributed by atoms with E-state index in [4.69, 9.17) is 15.2 Å². The van der Waals surface area contributed by atoms with Crippen molar-refractivity contribution in [3.05, 3.63) is 23.8 Å². The molecule has 102 valence electrons. The number of primary amides is 1. The number of urea groups is 1. The van der Waals surface area contributed by atoms with Gasteiger partial charge >= 0.3 is 6.03 Å². The van der Waals surface area contributed by atoms with Crippen LogP contribution < -0.4 is 20.5 Å². The molecule has 1 aromatic carbocycles. The van der Waals surface area contributed by atoms with E-state index in [1.807, 2.05) is 6.07 Å². The lowest BCUT2D eigenvalue weighted by Crippen LogP contribution is -2.41. The Bertz CT molecular complexity index is 504. The van der Waals surface area contributed by atoms with Crippen LogP contribution in [0.1, 0.15) is 5.56 Å². The zero-order chi connectivity index (χ0) is 13.8. The minimum atomic E-state index is -0.555. The maximum Gasteiger partial charge on any atom is 0.317 e. The monoisotopic (exact) mass is 265 g/mol. The Labute approximate surface area is 110 Å². The molecule has 2 rings (SSSR count). The topological polar surface area (TPSA) is 93.9 Å². The molecule has 1 aliphatic heterocycles. The summed E-state index contributed by atoms with van der Waals surface area (Å²) in [5.74, 6) is 0.805. The summed E-state index contributed by atoms with van der Waals surface area (Å²) in [5.41, 5.74) is 5.89. The van der Waals surface area contributed by atoms with Crippen molar-refractivity contribution in [1.82, 2.24) is 10.2 Å². The quantitative estimate of drug-likeness (QED) is 0.803. The fourth-order valence-electron chi connectivity index (χ4n) is 1.67. The first-order valence-electron chi connectivity index (χ1n) is 5.72. The third-order valence-corrected chi connectivity index (χ3v) is 2.62. The summed E-state index contributed by atoms with van der Waals surface area (Å²) in [7, 11) is 1.50. The number of amides is 3. The Kier molecular flexibility index (Phi) is 3.74. The molecule has 3 amide bonds. The highest BCUT2D eigenvalue weighted by Crippen LogP contribution is 2.32. The van der Waals surface area contributed by atoms with Crippen LogP contribution in [0.3, 0.4) is 0 Å².